The lowest BCUT2D eigenvalue weighted by molar-refractivity contribution is 0.219. The molecule has 0 radical (unpaired) electrons. The number of nitrogens with two attached hydrogens (primary N) is 1. The second-order valence-corrected chi connectivity index (χ2v) is 4.23. The predicted molar refractivity (Wildman–Crippen MR) is 63.8 cm³/mol. The number of halogens is 1. The molecular formula is C11H18ClN3. The molecule has 0 atom stereocenters. The standard InChI is InChI=1S/C11H18ClN3/c1-9(2)15(6-4-13)8-10-3-5-14-7-11(10)12/h3,5,7,9H,4,6,8,13H2,1-2H3. The van der Waals surface area contributed by atoms with Gasteiger partial charge < -0.3 is 5.73 Å². The molecule has 0 amide bonds. The molecule has 4 heteroatoms. The first-order valence-electron chi connectivity index (χ1n) is 5.17. The maximum absolute atomic E-state index is 6.05. The third-order valence-electron chi connectivity index (χ3n) is 2.38. The minimum absolute atomic E-state index is 0.470. The van der Waals surface area contributed by atoms with Crippen LogP contribution in [0.1, 0.15) is 19.4 Å². The first kappa shape index (κ1) is 12.4. The number of hydrogen-bond donors (Lipinski definition) is 1. The minimum Gasteiger partial charge on any atom is -0.329 e. The van der Waals surface area contributed by atoms with Crippen LogP contribution in [0.4, 0.5) is 0 Å². The Labute approximate surface area is 96.2 Å². The van der Waals surface area contributed by atoms with E-state index in [1.165, 1.54) is 0 Å². The van der Waals surface area contributed by atoms with Crippen molar-refractivity contribution in [3.05, 3.63) is 29.0 Å². The first-order chi connectivity index (χ1) is 7.15. The summed E-state index contributed by atoms with van der Waals surface area (Å²) in [5, 5.41) is 0.722. The van der Waals surface area contributed by atoms with E-state index in [0.717, 1.165) is 23.7 Å². The summed E-state index contributed by atoms with van der Waals surface area (Å²) in [5.74, 6) is 0. The van der Waals surface area contributed by atoms with Gasteiger partial charge in [0.05, 0.1) is 5.02 Å². The number of pyridine rings is 1. The molecule has 0 saturated heterocycles. The van der Waals surface area contributed by atoms with Crippen LogP contribution in [0, 0.1) is 0 Å². The van der Waals surface area contributed by atoms with Crippen molar-refractivity contribution < 1.29 is 0 Å². The van der Waals surface area contributed by atoms with E-state index in [-0.39, 0.29) is 0 Å². The van der Waals surface area contributed by atoms with E-state index in [0.29, 0.717) is 12.6 Å². The number of aromatic nitrogens is 1. The van der Waals surface area contributed by atoms with Gasteiger partial charge in [-0.3, -0.25) is 9.88 Å². The third kappa shape index (κ3) is 3.78. The predicted octanol–water partition coefficient (Wildman–Crippen LogP) is 1.90. The van der Waals surface area contributed by atoms with Gasteiger partial charge in [-0.2, -0.15) is 0 Å². The summed E-state index contributed by atoms with van der Waals surface area (Å²) in [7, 11) is 0. The lowest BCUT2D eigenvalue weighted by atomic mass is 10.2. The largest absolute Gasteiger partial charge is 0.329 e. The molecule has 1 rings (SSSR count). The van der Waals surface area contributed by atoms with Gasteiger partial charge >= 0.3 is 0 Å². The summed E-state index contributed by atoms with van der Waals surface area (Å²) in [6.45, 7) is 6.70. The van der Waals surface area contributed by atoms with Crippen LogP contribution < -0.4 is 5.73 Å². The summed E-state index contributed by atoms with van der Waals surface area (Å²) in [5.41, 5.74) is 6.68. The van der Waals surface area contributed by atoms with Crippen molar-refractivity contribution in [3.63, 3.8) is 0 Å². The van der Waals surface area contributed by atoms with E-state index in [4.69, 9.17) is 17.3 Å². The van der Waals surface area contributed by atoms with Gasteiger partial charge in [0.2, 0.25) is 0 Å². The Morgan fingerprint density at radius 3 is 2.80 bits per heavy atom. The zero-order chi connectivity index (χ0) is 11.3. The Kier molecular flexibility index (Phi) is 5.02. The summed E-state index contributed by atoms with van der Waals surface area (Å²) in [6, 6.07) is 2.42. The van der Waals surface area contributed by atoms with Gasteiger partial charge in [-0.25, -0.2) is 0 Å². The van der Waals surface area contributed by atoms with Crippen molar-refractivity contribution in [1.82, 2.24) is 9.88 Å². The molecule has 1 heterocycles. The Balaban J connectivity index is 2.69. The fourth-order valence-electron chi connectivity index (χ4n) is 1.44. The number of rotatable bonds is 5. The highest BCUT2D eigenvalue weighted by atomic mass is 35.5. The van der Waals surface area contributed by atoms with Crippen LogP contribution in [0.25, 0.3) is 0 Å². The molecule has 0 saturated carbocycles. The number of nitrogens with zero attached hydrogens (tertiary/aromatic N) is 2. The van der Waals surface area contributed by atoms with Crippen molar-refractivity contribution in [3.8, 4) is 0 Å². The second kappa shape index (κ2) is 6.05. The fraction of sp³-hybridized carbons (Fsp3) is 0.545. The van der Waals surface area contributed by atoms with Gasteiger partial charge in [-0.1, -0.05) is 11.6 Å². The van der Waals surface area contributed by atoms with E-state index in [2.05, 4.69) is 23.7 Å². The summed E-state index contributed by atoms with van der Waals surface area (Å²) >= 11 is 6.05. The summed E-state index contributed by atoms with van der Waals surface area (Å²) in [6.07, 6.45) is 3.44. The quantitative estimate of drug-likeness (QED) is 0.836. The van der Waals surface area contributed by atoms with Crippen LogP contribution in [0.5, 0.6) is 0 Å². The molecule has 0 bridgehead atoms. The normalized spacial score (nSPS) is 11.3. The van der Waals surface area contributed by atoms with Gasteiger partial charge in [0.15, 0.2) is 0 Å². The van der Waals surface area contributed by atoms with Crippen molar-refractivity contribution in [1.29, 1.82) is 0 Å². The SMILES string of the molecule is CC(C)N(CCN)Cc1ccncc1Cl. The highest BCUT2D eigenvalue weighted by Crippen LogP contribution is 2.16. The van der Waals surface area contributed by atoms with Crippen LogP contribution in [-0.4, -0.2) is 29.0 Å². The molecule has 3 nitrogen and oxygen atoms in total. The summed E-state index contributed by atoms with van der Waals surface area (Å²) < 4.78 is 0. The molecular weight excluding hydrogens is 210 g/mol. The second-order valence-electron chi connectivity index (χ2n) is 3.82. The zero-order valence-corrected chi connectivity index (χ0v) is 10.0. The molecule has 1 aromatic heterocycles. The van der Waals surface area contributed by atoms with E-state index in [1.54, 1.807) is 12.4 Å². The van der Waals surface area contributed by atoms with E-state index in [9.17, 15) is 0 Å². The van der Waals surface area contributed by atoms with E-state index in [1.807, 2.05) is 6.07 Å². The van der Waals surface area contributed by atoms with Crippen LogP contribution in [0.3, 0.4) is 0 Å². The van der Waals surface area contributed by atoms with Crippen LogP contribution in [-0.2, 0) is 6.54 Å². The lowest BCUT2D eigenvalue weighted by Gasteiger charge is -2.26. The maximum atomic E-state index is 6.05. The van der Waals surface area contributed by atoms with Gasteiger partial charge in [-0.15, -0.1) is 0 Å². The van der Waals surface area contributed by atoms with Crippen molar-refractivity contribution in [2.24, 2.45) is 5.73 Å². The minimum atomic E-state index is 0.470. The monoisotopic (exact) mass is 227 g/mol. The lowest BCUT2D eigenvalue weighted by Crippen LogP contribution is -2.34. The molecule has 0 fully saturated rings. The highest BCUT2D eigenvalue weighted by Gasteiger charge is 2.10. The average molecular weight is 228 g/mol. The van der Waals surface area contributed by atoms with Gasteiger partial charge in [0.1, 0.15) is 0 Å². The van der Waals surface area contributed by atoms with Crippen molar-refractivity contribution >= 4 is 11.6 Å². The molecule has 0 spiro atoms. The zero-order valence-electron chi connectivity index (χ0n) is 9.28. The Hall–Kier alpha value is -0.640. The Bertz CT molecular complexity index is 302. The Morgan fingerprint density at radius 2 is 2.27 bits per heavy atom. The molecule has 1 aromatic rings. The van der Waals surface area contributed by atoms with Gasteiger partial charge in [0, 0.05) is 38.1 Å². The van der Waals surface area contributed by atoms with Crippen molar-refractivity contribution in [2.75, 3.05) is 13.1 Å². The van der Waals surface area contributed by atoms with Crippen LogP contribution in [0.2, 0.25) is 5.02 Å². The molecule has 0 aromatic carbocycles. The van der Waals surface area contributed by atoms with E-state index >= 15 is 0 Å². The van der Waals surface area contributed by atoms with Gasteiger partial charge in [0.25, 0.3) is 0 Å². The smallest absolute Gasteiger partial charge is 0.0634 e. The molecule has 84 valence electrons. The van der Waals surface area contributed by atoms with E-state index < -0.39 is 0 Å². The molecule has 15 heavy (non-hydrogen) atoms. The molecule has 0 aliphatic rings. The molecule has 2 N–H and O–H groups in total. The van der Waals surface area contributed by atoms with Crippen molar-refractivity contribution in [2.45, 2.75) is 26.4 Å². The van der Waals surface area contributed by atoms with Crippen LogP contribution >= 0.6 is 11.6 Å². The van der Waals surface area contributed by atoms with Gasteiger partial charge in [-0.05, 0) is 25.5 Å². The topological polar surface area (TPSA) is 42.1 Å². The highest BCUT2D eigenvalue weighted by molar-refractivity contribution is 6.31. The first-order valence-corrected chi connectivity index (χ1v) is 5.55. The molecule has 0 aliphatic carbocycles. The summed E-state index contributed by atoms with van der Waals surface area (Å²) in [4.78, 5) is 6.26. The third-order valence-corrected chi connectivity index (χ3v) is 2.72. The number of hydrogen-bond acceptors (Lipinski definition) is 3. The fourth-order valence-corrected chi connectivity index (χ4v) is 1.62. The average Bonchev–Trinajstić information content (AvgIpc) is 2.20. The Morgan fingerprint density at radius 1 is 1.53 bits per heavy atom. The maximum Gasteiger partial charge on any atom is 0.0634 e. The molecule has 0 unspecified atom stereocenters. The van der Waals surface area contributed by atoms with Crippen LogP contribution in [0.15, 0.2) is 18.5 Å². The molecule has 0 aliphatic heterocycles.